The maximum Gasteiger partial charge on any atom is 0.293 e. The number of benzene rings is 1. The molecule has 1 aromatic carbocycles. The standard InChI is InChI=1S/C18H20N6O2/c19-17-18(26)24(13-2-1-5-20-9-13)10-15(22-17)14-8-12(3-4-16(14)25)23-7-6-21-11-23/h3-4,6-8,10-11,13,20,25H,1-2,5,9H2,(H2,19,22). The van der Waals surface area contributed by atoms with E-state index < -0.39 is 0 Å². The van der Waals surface area contributed by atoms with Crippen molar-refractivity contribution in [2.24, 2.45) is 0 Å². The third-order valence-electron chi connectivity index (χ3n) is 4.68. The average molecular weight is 352 g/mol. The van der Waals surface area contributed by atoms with E-state index in [-0.39, 0.29) is 23.2 Å². The minimum Gasteiger partial charge on any atom is -0.507 e. The first-order valence-electron chi connectivity index (χ1n) is 8.54. The molecule has 3 aromatic rings. The molecule has 26 heavy (non-hydrogen) atoms. The summed E-state index contributed by atoms with van der Waals surface area (Å²) < 4.78 is 3.46. The molecule has 4 N–H and O–H groups in total. The first-order valence-corrected chi connectivity index (χ1v) is 8.54. The lowest BCUT2D eigenvalue weighted by Crippen LogP contribution is -2.37. The van der Waals surface area contributed by atoms with Gasteiger partial charge in [0.1, 0.15) is 5.75 Å². The Morgan fingerprint density at radius 2 is 2.23 bits per heavy atom. The number of phenols is 1. The number of phenolic OH excluding ortho intramolecular Hbond substituents is 1. The van der Waals surface area contributed by atoms with Crippen molar-refractivity contribution >= 4 is 5.82 Å². The van der Waals surface area contributed by atoms with E-state index in [2.05, 4.69) is 15.3 Å². The van der Waals surface area contributed by atoms with Gasteiger partial charge in [0, 0.05) is 42.4 Å². The van der Waals surface area contributed by atoms with Gasteiger partial charge in [-0.15, -0.1) is 0 Å². The highest BCUT2D eigenvalue weighted by atomic mass is 16.3. The normalized spacial score (nSPS) is 17.3. The summed E-state index contributed by atoms with van der Waals surface area (Å²) in [5.41, 5.74) is 7.39. The summed E-state index contributed by atoms with van der Waals surface area (Å²) in [4.78, 5) is 20.7. The van der Waals surface area contributed by atoms with Crippen LogP contribution in [0.3, 0.4) is 0 Å². The fourth-order valence-electron chi connectivity index (χ4n) is 3.30. The largest absolute Gasteiger partial charge is 0.507 e. The van der Waals surface area contributed by atoms with Crippen LogP contribution in [-0.4, -0.2) is 37.3 Å². The van der Waals surface area contributed by atoms with Crippen molar-refractivity contribution in [2.45, 2.75) is 18.9 Å². The third-order valence-corrected chi connectivity index (χ3v) is 4.68. The van der Waals surface area contributed by atoms with Crippen LogP contribution in [0.5, 0.6) is 5.75 Å². The molecule has 8 heteroatoms. The smallest absolute Gasteiger partial charge is 0.293 e. The molecule has 1 aliphatic rings. The van der Waals surface area contributed by atoms with E-state index in [0.29, 0.717) is 17.8 Å². The molecule has 0 spiro atoms. The maximum atomic E-state index is 12.5. The topological polar surface area (TPSA) is 111 Å². The van der Waals surface area contributed by atoms with Crippen molar-refractivity contribution in [1.82, 2.24) is 24.4 Å². The van der Waals surface area contributed by atoms with Crippen LogP contribution in [0.25, 0.3) is 16.9 Å². The van der Waals surface area contributed by atoms with Gasteiger partial charge in [0.05, 0.1) is 12.0 Å². The van der Waals surface area contributed by atoms with E-state index in [0.717, 1.165) is 25.1 Å². The Bertz CT molecular complexity index is 974. The van der Waals surface area contributed by atoms with Gasteiger partial charge in [0.25, 0.3) is 5.56 Å². The molecule has 0 amide bonds. The van der Waals surface area contributed by atoms with Gasteiger partial charge in [-0.25, -0.2) is 9.97 Å². The first kappa shape index (κ1) is 16.3. The van der Waals surface area contributed by atoms with Gasteiger partial charge < -0.3 is 25.3 Å². The molecule has 2 aromatic heterocycles. The van der Waals surface area contributed by atoms with Crippen molar-refractivity contribution in [3.63, 3.8) is 0 Å². The number of anilines is 1. The Hall–Kier alpha value is -3.13. The van der Waals surface area contributed by atoms with Crippen LogP contribution in [0.1, 0.15) is 18.9 Å². The number of hydrogen-bond acceptors (Lipinski definition) is 6. The van der Waals surface area contributed by atoms with Crippen LogP contribution in [0, 0.1) is 0 Å². The number of nitrogens with one attached hydrogen (secondary N) is 1. The van der Waals surface area contributed by atoms with Crippen molar-refractivity contribution in [1.29, 1.82) is 0 Å². The number of rotatable bonds is 3. The molecule has 0 bridgehead atoms. The molecule has 1 unspecified atom stereocenters. The number of nitrogens with two attached hydrogens (primary N) is 1. The molecule has 0 saturated carbocycles. The van der Waals surface area contributed by atoms with Gasteiger partial charge in [0.2, 0.25) is 0 Å². The lowest BCUT2D eigenvalue weighted by atomic mass is 10.1. The Morgan fingerprint density at radius 1 is 1.35 bits per heavy atom. The second-order valence-corrected chi connectivity index (χ2v) is 6.40. The molecule has 3 heterocycles. The summed E-state index contributed by atoms with van der Waals surface area (Å²) in [5.74, 6) is 0.00763. The zero-order valence-corrected chi connectivity index (χ0v) is 14.2. The Labute approximate surface area is 149 Å². The van der Waals surface area contributed by atoms with Gasteiger partial charge in [0.15, 0.2) is 5.82 Å². The Morgan fingerprint density at radius 3 is 2.96 bits per heavy atom. The molecule has 0 aliphatic carbocycles. The van der Waals surface area contributed by atoms with Crippen LogP contribution < -0.4 is 16.6 Å². The molecule has 8 nitrogen and oxygen atoms in total. The summed E-state index contributed by atoms with van der Waals surface area (Å²) in [6.45, 7) is 1.66. The Balaban J connectivity index is 1.82. The minimum absolute atomic E-state index is 0.0271. The zero-order valence-electron chi connectivity index (χ0n) is 14.2. The summed E-state index contributed by atoms with van der Waals surface area (Å²) >= 11 is 0. The number of piperidine rings is 1. The van der Waals surface area contributed by atoms with Crippen molar-refractivity contribution in [3.8, 4) is 22.7 Å². The Kier molecular flexibility index (Phi) is 4.18. The van der Waals surface area contributed by atoms with Crippen LogP contribution in [0.4, 0.5) is 5.82 Å². The third kappa shape index (κ3) is 2.95. The molecule has 1 fully saturated rings. The number of imidazole rings is 1. The SMILES string of the molecule is Nc1nc(-c2cc(-n3ccnc3)ccc2O)cn(C2CCCNC2)c1=O. The highest BCUT2D eigenvalue weighted by molar-refractivity contribution is 5.69. The predicted octanol–water partition coefficient (Wildman–Crippen LogP) is 1.31. The fraction of sp³-hybridized carbons (Fsp3) is 0.278. The first-order chi connectivity index (χ1) is 12.6. The molecule has 1 aliphatic heterocycles. The summed E-state index contributed by atoms with van der Waals surface area (Å²) in [6, 6.07) is 5.21. The summed E-state index contributed by atoms with van der Waals surface area (Å²) in [6.07, 6.45) is 8.74. The molecular formula is C18H20N6O2. The molecule has 4 rings (SSSR count). The van der Waals surface area contributed by atoms with Gasteiger partial charge >= 0.3 is 0 Å². The quantitative estimate of drug-likeness (QED) is 0.655. The molecule has 0 radical (unpaired) electrons. The van der Waals surface area contributed by atoms with Crippen molar-refractivity contribution in [3.05, 3.63) is 53.5 Å². The van der Waals surface area contributed by atoms with E-state index in [4.69, 9.17) is 5.73 Å². The molecular weight excluding hydrogens is 332 g/mol. The number of aromatic hydroxyl groups is 1. The summed E-state index contributed by atoms with van der Waals surface area (Å²) in [7, 11) is 0. The van der Waals surface area contributed by atoms with Crippen molar-refractivity contribution in [2.75, 3.05) is 18.8 Å². The van der Waals surface area contributed by atoms with E-state index in [1.807, 2.05) is 10.8 Å². The number of nitrogen functional groups attached to an aromatic ring is 1. The van der Waals surface area contributed by atoms with Gasteiger partial charge in [-0.1, -0.05) is 0 Å². The number of nitrogens with zero attached hydrogens (tertiary/aromatic N) is 4. The van der Waals surface area contributed by atoms with E-state index in [1.54, 1.807) is 41.5 Å². The second-order valence-electron chi connectivity index (χ2n) is 6.40. The number of aromatic nitrogens is 4. The fourth-order valence-corrected chi connectivity index (χ4v) is 3.30. The number of hydrogen-bond donors (Lipinski definition) is 3. The van der Waals surface area contributed by atoms with E-state index in [9.17, 15) is 9.90 Å². The average Bonchev–Trinajstić information content (AvgIpc) is 3.20. The second kappa shape index (κ2) is 6.64. The highest BCUT2D eigenvalue weighted by Crippen LogP contribution is 2.30. The van der Waals surface area contributed by atoms with Gasteiger partial charge in [-0.2, -0.15) is 0 Å². The predicted molar refractivity (Wildman–Crippen MR) is 98.3 cm³/mol. The molecule has 1 atom stereocenters. The lowest BCUT2D eigenvalue weighted by Gasteiger charge is -2.25. The van der Waals surface area contributed by atoms with E-state index >= 15 is 0 Å². The maximum absolute atomic E-state index is 12.5. The summed E-state index contributed by atoms with van der Waals surface area (Å²) in [5, 5.41) is 13.6. The van der Waals surface area contributed by atoms with Gasteiger partial charge in [-0.05, 0) is 37.6 Å². The highest BCUT2D eigenvalue weighted by Gasteiger charge is 2.19. The molecule has 134 valence electrons. The van der Waals surface area contributed by atoms with Crippen LogP contribution in [-0.2, 0) is 0 Å². The van der Waals surface area contributed by atoms with Crippen LogP contribution in [0.2, 0.25) is 0 Å². The monoisotopic (exact) mass is 352 g/mol. The van der Waals surface area contributed by atoms with Crippen LogP contribution in [0.15, 0.2) is 47.9 Å². The van der Waals surface area contributed by atoms with E-state index in [1.165, 1.54) is 0 Å². The lowest BCUT2D eigenvalue weighted by molar-refractivity contribution is 0.364. The molecule has 1 saturated heterocycles. The van der Waals surface area contributed by atoms with Crippen molar-refractivity contribution < 1.29 is 5.11 Å². The minimum atomic E-state index is -0.298. The van der Waals surface area contributed by atoms with Crippen LogP contribution >= 0.6 is 0 Å². The van der Waals surface area contributed by atoms with Gasteiger partial charge in [-0.3, -0.25) is 4.79 Å². The zero-order chi connectivity index (χ0) is 18.1.